The van der Waals surface area contributed by atoms with Crippen LogP contribution in [-0.4, -0.2) is 59.1 Å². The molecule has 5 rings (SSSR count). The van der Waals surface area contributed by atoms with Crippen molar-refractivity contribution < 1.29 is 29.9 Å². The first-order chi connectivity index (χ1) is 22.8. The van der Waals surface area contributed by atoms with Crippen molar-refractivity contribution in [3.63, 3.8) is 0 Å². The Kier molecular flexibility index (Phi) is 11.4. The Bertz CT molecular complexity index is 1640. The lowest BCUT2D eigenvalue weighted by Gasteiger charge is -2.26. The normalized spacial score (nSPS) is 12.2. The molecule has 0 bridgehead atoms. The lowest BCUT2D eigenvalue weighted by atomic mass is 9.95. The third-order valence-electron chi connectivity index (χ3n) is 7.64. The molecule has 0 amide bonds. The third kappa shape index (κ3) is 9.09. The van der Waals surface area contributed by atoms with Crippen LogP contribution in [0.5, 0.6) is 11.5 Å². The first-order valence-electron chi connectivity index (χ1n) is 15.6. The highest BCUT2D eigenvalue weighted by atomic mass is 16.5. The van der Waals surface area contributed by atoms with Gasteiger partial charge in [0.05, 0.1) is 13.2 Å². The molecule has 0 radical (unpaired) electrons. The second kappa shape index (κ2) is 16.1. The van der Waals surface area contributed by atoms with Gasteiger partial charge in [-0.2, -0.15) is 0 Å². The summed E-state index contributed by atoms with van der Waals surface area (Å²) in [5.41, 5.74) is 9.16. The minimum atomic E-state index is -0.977. The van der Waals surface area contributed by atoms with Crippen LogP contribution in [-0.2, 0) is 0 Å². The van der Waals surface area contributed by atoms with E-state index in [1.54, 1.807) is 12.1 Å². The molecule has 5 aromatic carbocycles. The van der Waals surface area contributed by atoms with Crippen molar-refractivity contribution in [3.05, 3.63) is 149 Å². The van der Waals surface area contributed by atoms with Crippen molar-refractivity contribution >= 4 is 28.7 Å². The fourth-order valence-corrected chi connectivity index (χ4v) is 5.05. The zero-order chi connectivity index (χ0) is 33.2. The Balaban J connectivity index is 1.53. The summed E-state index contributed by atoms with van der Waals surface area (Å²) in [6.07, 6.45) is 0.138. The topological polar surface area (TPSA) is 103 Å². The van der Waals surface area contributed by atoms with Gasteiger partial charge in [-0.25, -0.2) is 0 Å². The molecule has 0 fully saturated rings. The van der Waals surface area contributed by atoms with Crippen LogP contribution in [0.3, 0.4) is 0 Å². The zero-order valence-electron chi connectivity index (χ0n) is 26.7. The predicted molar refractivity (Wildman–Crippen MR) is 188 cm³/mol. The van der Waals surface area contributed by atoms with E-state index in [2.05, 4.69) is 97.6 Å². The van der Waals surface area contributed by atoms with Gasteiger partial charge in [0.2, 0.25) is 0 Å². The van der Waals surface area contributed by atoms with Crippen molar-refractivity contribution in [2.75, 3.05) is 31.3 Å². The zero-order valence-corrected chi connectivity index (χ0v) is 26.7. The molecule has 4 N–H and O–H groups in total. The van der Waals surface area contributed by atoms with Gasteiger partial charge in [0.1, 0.15) is 36.9 Å². The summed E-state index contributed by atoms with van der Waals surface area (Å²) in [6, 6.07) is 40.5. The van der Waals surface area contributed by atoms with Gasteiger partial charge in [-0.1, -0.05) is 71.8 Å². The van der Waals surface area contributed by atoms with Crippen LogP contribution in [0.25, 0.3) is 11.6 Å². The van der Waals surface area contributed by atoms with Gasteiger partial charge < -0.3 is 34.8 Å². The molecule has 7 heteroatoms. The summed E-state index contributed by atoms with van der Waals surface area (Å²) >= 11 is 0. The lowest BCUT2D eigenvalue weighted by molar-refractivity contribution is 0.0536. The maximum absolute atomic E-state index is 9.80. The van der Waals surface area contributed by atoms with Gasteiger partial charge in [-0.15, -0.1) is 0 Å². The molecule has 0 saturated carbocycles. The smallest absolute Gasteiger partial charge is 0.120 e. The number of rotatable bonds is 14. The van der Waals surface area contributed by atoms with E-state index in [1.165, 1.54) is 11.1 Å². The molecule has 0 aliphatic rings. The molecule has 2 unspecified atom stereocenters. The Morgan fingerprint density at radius 3 is 1.40 bits per heavy atom. The predicted octanol–water partition coefficient (Wildman–Crippen LogP) is 6.83. The largest absolute Gasteiger partial charge is 0.491 e. The van der Waals surface area contributed by atoms with E-state index in [1.807, 2.05) is 36.4 Å². The van der Waals surface area contributed by atoms with Crippen LogP contribution in [0.1, 0.15) is 27.8 Å². The van der Waals surface area contributed by atoms with Crippen molar-refractivity contribution in [1.82, 2.24) is 0 Å². The highest BCUT2D eigenvalue weighted by Gasteiger charge is 2.14. The summed E-state index contributed by atoms with van der Waals surface area (Å²) in [4.78, 5) is 2.23. The number of anilines is 3. The van der Waals surface area contributed by atoms with Crippen LogP contribution >= 0.6 is 0 Å². The molecule has 0 saturated heterocycles. The first-order valence-corrected chi connectivity index (χ1v) is 15.6. The highest BCUT2D eigenvalue weighted by molar-refractivity contribution is 5.92. The molecule has 0 aromatic heterocycles. The van der Waals surface area contributed by atoms with Crippen molar-refractivity contribution in [3.8, 4) is 11.5 Å². The minimum Gasteiger partial charge on any atom is -0.491 e. The van der Waals surface area contributed by atoms with Crippen LogP contribution in [0.2, 0.25) is 0 Å². The summed E-state index contributed by atoms with van der Waals surface area (Å²) in [6.45, 7) is 3.33. The molecule has 0 heterocycles. The van der Waals surface area contributed by atoms with Gasteiger partial charge >= 0.3 is 0 Å². The Labute approximate surface area is 276 Å². The van der Waals surface area contributed by atoms with Gasteiger partial charge in [0, 0.05) is 17.1 Å². The fourth-order valence-electron chi connectivity index (χ4n) is 5.05. The molecule has 2 atom stereocenters. The van der Waals surface area contributed by atoms with Crippen molar-refractivity contribution in [2.24, 2.45) is 0 Å². The van der Waals surface area contributed by atoms with Gasteiger partial charge in [-0.3, -0.25) is 0 Å². The summed E-state index contributed by atoms with van der Waals surface area (Å²) in [5.74, 6) is 1.11. The van der Waals surface area contributed by atoms with Gasteiger partial charge in [-0.05, 0) is 103 Å². The maximum Gasteiger partial charge on any atom is 0.120 e. The van der Waals surface area contributed by atoms with Gasteiger partial charge in [0.15, 0.2) is 0 Å². The van der Waals surface area contributed by atoms with E-state index in [0.29, 0.717) is 11.5 Å². The molecule has 5 aromatic rings. The number of ether oxygens (including phenoxy) is 2. The number of hydrogen-bond donors (Lipinski definition) is 4. The number of nitrogens with zero attached hydrogens (tertiary/aromatic N) is 1. The summed E-state index contributed by atoms with van der Waals surface area (Å²) < 4.78 is 11.5. The van der Waals surface area contributed by atoms with E-state index in [9.17, 15) is 20.4 Å². The second-order valence-corrected chi connectivity index (χ2v) is 11.5. The van der Waals surface area contributed by atoms with E-state index in [4.69, 9.17) is 9.47 Å². The van der Waals surface area contributed by atoms with Crippen molar-refractivity contribution in [2.45, 2.75) is 26.1 Å². The second-order valence-electron chi connectivity index (χ2n) is 11.5. The van der Waals surface area contributed by atoms with E-state index in [0.717, 1.165) is 39.3 Å². The quantitative estimate of drug-likeness (QED) is 0.0997. The Morgan fingerprint density at radius 1 is 0.596 bits per heavy atom. The van der Waals surface area contributed by atoms with Crippen LogP contribution in [0.15, 0.2) is 121 Å². The monoisotopic (exact) mass is 631 g/mol. The van der Waals surface area contributed by atoms with E-state index >= 15 is 0 Å². The summed E-state index contributed by atoms with van der Waals surface area (Å²) in [7, 11) is 0. The molecular formula is C40H41NO6. The highest BCUT2D eigenvalue weighted by Crippen LogP contribution is 2.36. The Morgan fingerprint density at radius 2 is 1.00 bits per heavy atom. The molecule has 7 nitrogen and oxygen atoms in total. The number of aliphatic hydroxyl groups is 4. The molecule has 0 aliphatic heterocycles. The van der Waals surface area contributed by atoms with E-state index in [-0.39, 0.29) is 26.4 Å². The van der Waals surface area contributed by atoms with Gasteiger partial charge in [0.25, 0.3) is 0 Å². The molecule has 0 spiro atoms. The van der Waals surface area contributed by atoms with Crippen LogP contribution in [0.4, 0.5) is 17.1 Å². The standard InChI is InChI=1S/C40H41NO6/c1-28-9-15-33(16-10-28)41(34-17-11-29(2)12-18-34)35-19-13-30(14-20-35)21-40(31-5-3-7-38(22-31)46-26-36(44)24-42)32-6-4-8-39(23-32)47-27-37(45)25-43/h3-23,36-37,42-45H,24-27H2,1-2H3. The van der Waals surface area contributed by atoms with E-state index < -0.39 is 12.2 Å². The van der Waals surface area contributed by atoms with Crippen LogP contribution < -0.4 is 14.4 Å². The summed E-state index contributed by atoms with van der Waals surface area (Å²) in [5, 5.41) is 38.0. The SMILES string of the molecule is Cc1ccc(N(c2ccc(C)cc2)c2ccc(C=C(c3cccc(OCC(O)CO)c3)c3cccc(OCC(O)CO)c3)cc2)cc1. The fraction of sp³-hybridized carbons (Fsp3) is 0.200. The van der Waals surface area contributed by atoms with Crippen LogP contribution in [0, 0.1) is 13.8 Å². The lowest BCUT2D eigenvalue weighted by Crippen LogP contribution is -2.21. The number of aliphatic hydroxyl groups excluding tert-OH is 4. The molecule has 242 valence electrons. The Hall–Kier alpha value is -4.92. The number of benzene rings is 5. The van der Waals surface area contributed by atoms with Crippen molar-refractivity contribution in [1.29, 1.82) is 0 Å². The molecule has 0 aliphatic carbocycles. The minimum absolute atomic E-state index is 0.0323. The first kappa shape index (κ1) is 33.4. The average Bonchev–Trinajstić information content (AvgIpc) is 3.11. The molecule has 47 heavy (non-hydrogen) atoms. The average molecular weight is 632 g/mol. The molecular weight excluding hydrogens is 590 g/mol. The third-order valence-corrected chi connectivity index (χ3v) is 7.64. The number of hydrogen-bond acceptors (Lipinski definition) is 7. The number of aryl methyl sites for hydroxylation is 2. The maximum atomic E-state index is 9.80.